The zero-order valence-corrected chi connectivity index (χ0v) is 15.7. The van der Waals surface area contributed by atoms with Gasteiger partial charge in [-0.3, -0.25) is 9.89 Å². The SMILES string of the molecule is CCC(=O)Nc1ccc(N)c(-c2ccc(-c3cn[nH]c3)c(OC)c2)c1C(F)(F)F. The first-order valence-corrected chi connectivity index (χ1v) is 8.73. The van der Waals surface area contributed by atoms with Crippen LogP contribution in [0.3, 0.4) is 0 Å². The summed E-state index contributed by atoms with van der Waals surface area (Å²) >= 11 is 0. The van der Waals surface area contributed by atoms with E-state index in [2.05, 4.69) is 15.5 Å². The quantitative estimate of drug-likeness (QED) is 0.537. The number of anilines is 2. The summed E-state index contributed by atoms with van der Waals surface area (Å²) in [4.78, 5) is 11.7. The van der Waals surface area contributed by atoms with E-state index in [1.807, 2.05) is 0 Å². The van der Waals surface area contributed by atoms with E-state index < -0.39 is 17.6 Å². The van der Waals surface area contributed by atoms with Crippen LogP contribution in [0, 0.1) is 0 Å². The van der Waals surface area contributed by atoms with Gasteiger partial charge in [-0.15, -0.1) is 0 Å². The van der Waals surface area contributed by atoms with Crippen LogP contribution in [-0.4, -0.2) is 23.2 Å². The van der Waals surface area contributed by atoms with Gasteiger partial charge in [0.2, 0.25) is 5.91 Å². The highest BCUT2D eigenvalue weighted by atomic mass is 19.4. The van der Waals surface area contributed by atoms with Crippen molar-refractivity contribution in [2.24, 2.45) is 0 Å². The van der Waals surface area contributed by atoms with E-state index in [0.717, 1.165) is 11.6 Å². The van der Waals surface area contributed by atoms with Crippen molar-refractivity contribution in [3.63, 3.8) is 0 Å². The number of aromatic amines is 1. The highest BCUT2D eigenvalue weighted by molar-refractivity contribution is 5.95. The van der Waals surface area contributed by atoms with Crippen molar-refractivity contribution < 1.29 is 22.7 Å². The summed E-state index contributed by atoms with van der Waals surface area (Å²) in [6.07, 6.45) is -1.47. The van der Waals surface area contributed by atoms with E-state index in [0.29, 0.717) is 11.3 Å². The number of halogens is 3. The summed E-state index contributed by atoms with van der Waals surface area (Å²) in [5.74, 6) is -0.168. The van der Waals surface area contributed by atoms with Crippen molar-refractivity contribution in [3.05, 3.63) is 48.3 Å². The van der Waals surface area contributed by atoms with E-state index in [4.69, 9.17) is 10.5 Å². The lowest BCUT2D eigenvalue weighted by molar-refractivity contribution is -0.136. The Hall–Kier alpha value is -3.49. The minimum atomic E-state index is -4.74. The molecule has 0 aliphatic heterocycles. The van der Waals surface area contributed by atoms with Gasteiger partial charge in [-0.2, -0.15) is 18.3 Å². The molecule has 9 heteroatoms. The average molecular weight is 404 g/mol. The number of nitrogens with two attached hydrogens (primary N) is 1. The number of methoxy groups -OCH3 is 1. The molecule has 1 aromatic heterocycles. The molecule has 0 aliphatic carbocycles. The van der Waals surface area contributed by atoms with E-state index in [-0.39, 0.29) is 28.9 Å². The van der Waals surface area contributed by atoms with Gasteiger partial charge in [-0.1, -0.05) is 13.0 Å². The Kier molecular flexibility index (Phi) is 5.49. The number of nitrogens with zero attached hydrogens (tertiary/aromatic N) is 1. The zero-order valence-electron chi connectivity index (χ0n) is 15.7. The Balaban J connectivity index is 2.22. The molecule has 0 saturated carbocycles. The fraction of sp³-hybridized carbons (Fsp3) is 0.200. The second kappa shape index (κ2) is 7.86. The summed E-state index contributed by atoms with van der Waals surface area (Å²) in [6.45, 7) is 1.56. The first-order valence-electron chi connectivity index (χ1n) is 8.73. The predicted octanol–water partition coefficient (Wildman–Crippen LogP) is 4.70. The van der Waals surface area contributed by atoms with Crippen LogP contribution in [0.2, 0.25) is 0 Å². The van der Waals surface area contributed by atoms with Crippen LogP contribution in [0.25, 0.3) is 22.3 Å². The number of aromatic nitrogens is 2. The summed E-state index contributed by atoms with van der Waals surface area (Å²) in [5, 5.41) is 8.86. The molecule has 0 saturated heterocycles. The Morgan fingerprint density at radius 1 is 1.24 bits per heavy atom. The maximum Gasteiger partial charge on any atom is 0.419 e. The Bertz CT molecular complexity index is 1030. The summed E-state index contributed by atoms with van der Waals surface area (Å²) in [5.41, 5.74) is 5.91. The normalized spacial score (nSPS) is 11.3. The molecular weight excluding hydrogens is 385 g/mol. The number of carbonyl (C=O) groups is 1. The molecule has 2 aromatic carbocycles. The molecule has 4 N–H and O–H groups in total. The van der Waals surface area contributed by atoms with E-state index >= 15 is 0 Å². The topological polar surface area (TPSA) is 93.0 Å². The maximum absolute atomic E-state index is 14.0. The largest absolute Gasteiger partial charge is 0.496 e. The van der Waals surface area contributed by atoms with Crippen molar-refractivity contribution in [2.45, 2.75) is 19.5 Å². The molecule has 152 valence electrons. The Labute approximate surface area is 164 Å². The third-order valence-electron chi connectivity index (χ3n) is 4.42. The van der Waals surface area contributed by atoms with Crippen molar-refractivity contribution >= 4 is 17.3 Å². The van der Waals surface area contributed by atoms with Gasteiger partial charge in [0.1, 0.15) is 5.75 Å². The van der Waals surface area contributed by atoms with E-state index in [1.165, 1.54) is 25.3 Å². The lowest BCUT2D eigenvalue weighted by Crippen LogP contribution is -2.17. The van der Waals surface area contributed by atoms with Crippen LogP contribution in [0.15, 0.2) is 42.7 Å². The molecule has 0 bridgehead atoms. The molecule has 0 fully saturated rings. The first kappa shape index (κ1) is 20.2. The number of benzene rings is 2. The number of hydrogen-bond donors (Lipinski definition) is 3. The van der Waals surface area contributed by atoms with Crippen LogP contribution in [0.1, 0.15) is 18.9 Å². The number of nitrogens with one attached hydrogen (secondary N) is 2. The monoisotopic (exact) mass is 404 g/mol. The third-order valence-corrected chi connectivity index (χ3v) is 4.42. The third kappa shape index (κ3) is 4.03. The van der Waals surface area contributed by atoms with Gasteiger partial charge in [0.05, 0.1) is 24.6 Å². The molecule has 3 rings (SSSR count). The van der Waals surface area contributed by atoms with Crippen LogP contribution >= 0.6 is 0 Å². The number of alkyl halides is 3. The fourth-order valence-electron chi connectivity index (χ4n) is 3.05. The highest BCUT2D eigenvalue weighted by Crippen LogP contribution is 2.46. The van der Waals surface area contributed by atoms with Crippen LogP contribution < -0.4 is 15.8 Å². The van der Waals surface area contributed by atoms with Crippen LogP contribution in [0.4, 0.5) is 24.5 Å². The molecule has 3 aromatic rings. The van der Waals surface area contributed by atoms with Crippen molar-refractivity contribution in [3.8, 4) is 28.0 Å². The molecule has 0 aliphatic rings. The van der Waals surface area contributed by atoms with Gasteiger partial charge >= 0.3 is 6.18 Å². The molecule has 0 radical (unpaired) electrons. The number of ether oxygens (including phenoxy) is 1. The number of rotatable bonds is 5. The number of H-pyrrole nitrogens is 1. The summed E-state index contributed by atoms with van der Waals surface area (Å²) < 4.78 is 47.3. The van der Waals surface area contributed by atoms with E-state index in [1.54, 1.807) is 25.4 Å². The predicted molar refractivity (Wildman–Crippen MR) is 104 cm³/mol. The van der Waals surface area contributed by atoms with Crippen LogP contribution in [-0.2, 0) is 11.0 Å². The Morgan fingerprint density at radius 2 is 2.00 bits per heavy atom. The minimum Gasteiger partial charge on any atom is -0.496 e. The van der Waals surface area contributed by atoms with Gasteiger partial charge in [0, 0.05) is 35.0 Å². The highest BCUT2D eigenvalue weighted by Gasteiger charge is 2.38. The van der Waals surface area contributed by atoms with Crippen molar-refractivity contribution in [1.29, 1.82) is 0 Å². The van der Waals surface area contributed by atoms with Crippen molar-refractivity contribution in [1.82, 2.24) is 10.2 Å². The molecular formula is C20H19F3N4O2. The Morgan fingerprint density at radius 3 is 2.59 bits per heavy atom. The molecule has 29 heavy (non-hydrogen) atoms. The number of amides is 1. The second-order valence-electron chi connectivity index (χ2n) is 6.25. The van der Waals surface area contributed by atoms with Gasteiger partial charge in [-0.05, 0) is 29.8 Å². The first-order chi connectivity index (χ1) is 13.8. The standard InChI is InChI=1S/C20H19F3N4O2/c1-3-17(28)27-15-7-6-14(24)18(19(15)20(21,22)23)11-4-5-13(16(8-11)29-2)12-9-25-26-10-12/h4-10H,3,24H2,1-2H3,(H,25,26)(H,27,28). The summed E-state index contributed by atoms with van der Waals surface area (Å²) in [6, 6.07) is 7.14. The molecule has 1 heterocycles. The van der Waals surface area contributed by atoms with Gasteiger partial charge in [0.25, 0.3) is 0 Å². The smallest absolute Gasteiger partial charge is 0.419 e. The van der Waals surface area contributed by atoms with E-state index in [9.17, 15) is 18.0 Å². The van der Waals surface area contributed by atoms with Gasteiger partial charge < -0.3 is 15.8 Å². The van der Waals surface area contributed by atoms with Crippen LogP contribution in [0.5, 0.6) is 5.75 Å². The summed E-state index contributed by atoms with van der Waals surface area (Å²) in [7, 11) is 1.43. The zero-order chi connectivity index (χ0) is 21.2. The average Bonchev–Trinajstić information content (AvgIpc) is 3.22. The fourth-order valence-corrected chi connectivity index (χ4v) is 3.05. The molecule has 1 amide bonds. The lowest BCUT2D eigenvalue weighted by Gasteiger charge is -2.20. The minimum absolute atomic E-state index is 0.0459. The number of hydrogen-bond acceptors (Lipinski definition) is 4. The number of nitrogen functional groups attached to an aromatic ring is 1. The molecule has 0 unspecified atom stereocenters. The molecule has 0 spiro atoms. The molecule has 6 nitrogen and oxygen atoms in total. The second-order valence-corrected chi connectivity index (χ2v) is 6.25. The molecule has 0 atom stereocenters. The van der Waals surface area contributed by atoms with Gasteiger partial charge in [0.15, 0.2) is 0 Å². The van der Waals surface area contributed by atoms with Gasteiger partial charge in [-0.25, -0.2) is 0 Å². The lowest BCUT2D eigenvalue weighted by atomic mass is 9.93. The maximum atomic E-state index is 14.0. The number of carbonyl (C=O) groups excluding carboxylic acids is 1. The van der Waals surface area contributed by atoms with Crippen molar-refractivity contribution in [2.75, 3.05) is 18.2 Å².